The van der Waals surface area contributed by atoms with E-state index in [0.717, 1.165) is 23.5 Å². The summed E-state index contributed by atoms with van der Waals surface area (Å²) in [4.78, 5) is 27.7. The molecule has 2 aromatic rings. The zero-order valence-corrected chi connectivity index (χ0v) is 17.9. The van der Waals surface area contributed by atoms with Crippen LogP contribution in [0.4, 0.5) is 0 Å². The van der Waals surface area contributed by atoms with E-state index < -0.39 is 5.92 Å². The fraction of sp³-hybridized carbons (Fsp3) is 0.333. The molecule has 0 bridgehead atoms. The summed E-state index contributed by atoms with van der Waals surface area (Å²) < 4.78 is 12.2. The Kier molecular flexibility index (Phi) is 6.04. The molecule has 1 heterocycles. The maximum atomic E-state index is 12.6. The van der Waals surface area contributed by atoms with Gasteiger partial charge in [-0.15, -0.1) is 0 Å². The Morgan fingerprint density at radius 2 is 1.90 bits per heavy atom. The molecule has 29 heavy (non-hydrogen) atoms. The number of ketones is 2. The van der Waals surface area contributed by atoms with E-state index in [1.165, 1.54) is 11.4 Å². The molecule has 0 amide bonds. The van der Waals surface area contributed by atoms with E-state index in [-0.39, 0.29) is 45.2 Å². The number of rotatable bonds is 4. The standard InChI is InChI=1S/C24H22O4Se/c1-16(25)20-9-7-17(13-22(20)26)21(11-12-29-19-5-3-2-4-6-19)18-8-10-23-24(14-18)28-15-27-23/h2-6,8,10,14,17,20-21H,7,9,13,15H2,1H3. The van der Waals surface area contributed by atoms with Crippen LogP contribution < -0.4 is 13.9 Å². The normalized spacial score (nSPS) is 21.2. The molecular weight excluding hydrogens is 431 g/mol. The van der Waals surface area contributed by atoms with E-state index in [9.17, 15) is 9.59 Å². The van der Waals surface area contributed by atoms with Crippen molar-refractivity contribution in [3.8, 4) is 22.2 Å². The van der Waals surface area contributed by atoms with Crippen LogP contribution in [0, 0.1) is 22.6 Å². The van der Waals surface area contributed by atoms with E-state index in [2.05, 4.69) is 22.9 Å². The molecule has 148 valence electrons. The summed E-state index contributed by atoms with van der Waals surface area (Å²) in [5.74, 6) is 4.56. The molecule has 1 aliphatic carbocycles. The summed E-state index contributed by atoms with van der Waals surface area (Å²) in [6, 6.07) is 16.1. The number of ether oxygens (including phenoxy) is 2. The van der Waals surface area contributed by atoms with Gasteiger partial charge in [0.1, 0.15) is 0 Å². The van der Waals surface area contributed by atoms with Gasteiger partial charge in [-0.3, -0.25) is 0 Å². The molecule has 1 fully saturated rings. The van der Waals surface area contributed by atoms with Crippen molar-refractivity contribution < 1.29 is 19.1 Å². The third kappa shape index (κ3) is 4.56. The molecule has 2 aromatic carbocycles. The molecular formula is C24H22O4Se. The van der Waals surface area contributed by atoms with E-state index in [1.54, 1.807) is 0 Å². The molecule has 4 nitrogen and oxygen atoms in total. The van der Waals surface area contributed by atoms with Crippen LogP contribution in [0.3, 0.4) is 0 Å². The first kappa shape index (κ1) is 19.8. The van der Waals surface area contributed by atoms with Crippen molar-refractivity contribution in [2.75, 3.05) is 6.79 Å². The number of carbonyl (C=O) groups excluding carboxylic acids is 2. The molecule has 0 aromatic heterocycles. The minimum atomic E-state index is -0.440. The molecule has 2 aliphatic rings. The second kappa shape index (κ2) is 8.86. The Morgan fingerprint density at radius 3 is 2.66 bits per heavy atom. The van der Waals surface area contributed by atoms with Crippen molar-refractivity contribution in [3.63, 3.8) is 0 Å². The summed E-state index contributed by atoms with van der Waals surface area (Å²) in [6.45, 7) is 1.74. The van der Waals surface area contributed by atoms with Crippen molar-refractivity contribution in [3.05, 3.63) is 54.1 Å². The maximum absolute atomic E-state index is 12.6. The Balaban J connectivity index is 1.59. The van der Waals surface area contributed by atoms with Crippen molar-refractivity contribution in [2.24, 2.45) is 11.8 Å². The van der Waals surface area contributed by atoms with Crippen LogP contribution in [-0.2, 0) is 9.59 Å². The van der Waals surface area contributed by atoms with Crippen molar-refractivity contribution in [1.82, 2.24) is 0 Å². The Morgan fingerprint density at radius 1 is 1.10 bits per heavy atom. The first-order valence-corrected chi connectivity index (χ1v) is 11.5. The predicted octanol–water partition coefficient (Wildman–Crippen LogP) is 3.06. The molecule has 1 aliphatic heterocycles. The second-order valence-corrected chi connectivity index (χ2v) is 9.27. The fourth-order valence-electron chi connectivity index (χ4n) is 3.98. The predicted molar refractivity (Wildman–Crippen MR) is 111 cm³/mol. The molecule has 0 N–H and O–H groups in total. The average molecular weight is 453 g/mol. The number of fused-ring (bicyclic) bond motifs is 1. The van der Waals surface area contributed by atoms with Crippen LogP contribution in [0.25, 0.3) is 0 Å². The zero-order chi connectivity index (χ0) is 20.2. The number of hydrogen-bond donors (Lipinski definition) is 0. The molecule has 3 unspecified atom stereocenters. The van der Waals surface area contributed by atoms with Gasteiger partial charge < -0.3 is 0 Å². The van der Waals surface area contributed by atoms with Gasteiger partial charge in [-0.05, 0) is 0 Å². The van der Waals surface area contributed by atoms with Crippen LogP contribution in [0.2, 0.25) is 0 Å². The summed E-state index contributed by atoms with van der Waals surface area (Å²) in [7, 11) is 0. The van der Waals surface area contributed by atoms with Crippen LogP contribution >= 0.6 is 0 Å². The van der Waals surface area contributed by atoms with Crippen molar-refractivity contribution in [1.29, 1.82) is 0 Å². The van der Waals surface area contributed by atoms with Crippen LogP contribution in [0.15, 0.2) is 48.5 Å². The third-order valence-electron chi connectivity index (χ3n) is 5.52. The van der Waals surface area contributed by atoms with E-state index >= 15 is 0 Å². The van der Waals surface area contributed by atoms with Gasteiger partial charge in [0.15, 0.2) is 0 Å². The van der Waals surface area contributed by atoms with Gasteiger partial charge in [0.05, 0.1) is 0 Å². The first-order valence-electron chi connectivity index (χ1n) is 9.77. The quantitative estimate of drug-likeness (QED) is 0.406. The number of carbonyl (C=O) groups is 2. The summed E-state index contributed by atoms with van der Waals surface area (Å²) in [6.07, 6.45) is 1.84. The Hall–Kier alpha value is -2.54. The monoisotopic (exact) mass is 454 g/mol. The van der Waals surface area contributed by atoms with Gasteiger partial charge in [0, 0.05) is 0 Å². The summed E-state index contributed by atoms with van der Waals surface area (Å²) in [5.41, 5.74) is 1.05. The van der Waals surface area contributed by atoms with Gasteiger partial charge in [-0.2, -0.15) is 0 Å². The van der Waals surface area contributed by atoms with Gasteiger partial charge >= 0.3 is 177 Å². The fourth-order valence-corrected chi connectivity index (χ4v) is 5.23. The van der Waals surface area contributed by atoms with Crippen LogP contribution in [0.1, 0.15) is 37.7 Å². The molecule has 0 radical (unpaired) electrons. The van der Waals surface area contributed by atoms with Crippen LogP contribution in [0.5, 0.6) is 11.5 Å². The average Bonchev–Trinajstić information content (AvgIpc) is 3.19. The second-order valence-electron chi connectivity index (χ2n) is 7.42. The molecule has 1 saturated carbocycles. The van der Waals surface area contributed by atoms with Crippen LogP contribution in [-0.4, -0.2) is 33.3 Å². The zero-order valence-electron chi connectivity index (χ0n) is 16.2. The Labute approximate surface area is 177 Å². The van der Waals surface area contributed by atoms with Gasteiger partial charge in [-0.25, -0.2) is 0 Å². The molecule has 0 spiro atoms. The number of Topliss-reactive ketones (excluding diaryl/α,β-unsaturated/α-hetero) is 2. The summed E-state index contributed by atoms with van der Waals surface area (Å²) >= 11 is 0.0520. The SMILES string of the molecule is CC(=O)C1CCC(C(C#C[Se]c2ccccc2)c2ccc3c(c2)OCO3)CC1=O. The molecule has 5 heteroatoms. The van der Waals surface area contributed by atoms with E-state index in [4.69, 9.17) is 9.47 Å². The minimum absolute atomic E-state index is 0.0217. The summed E-state index contributed by atoms with van der Waals surface area (Å²) in [5, 5.41) is 0. The van der Waals surface area contributed by atoms with E-state index in [1.807, 2.05) is 36.4 Å². The van der Waals surface area contributed by atoms with Gasteiger partial charge in [0.25, 0.3) is 0 Å². The van der Waals surface area contributed by atoms with Crippen molar-refractivity contribution >= 4 is 31.0 Å². The molecule has 4 rings (SSSR count). The van der Waals surface area contributed by atoms with Gasteiger partial charge in [-0.1, -0.05) is 0 Å². The first-order chi connectivity index (χ1) is 14.1. The Bertz CT molecular complexity index is 973. The van der Waals surface area contributed by atoms with E-state index in [0.29, 0.717) is 12.8 Å². The van der Waals surface area contributed by atoms with Crippen molar-refractivity contribution in [2.45, 2.75) is 32.1 Å². The third-order valence-corrected chi connectivity index (χ3v) is 7.05. The molecule has 0 saturated heterocycles. The number of hydrogen-bond acceptors (Lipinski definition) is 4. The number of benzene rings is 2. The molecule has 3 atom stereocenters. The topological polar surface area (TPSA) is 52.6 Å². The van der Waals surface area contributed by atoms with Gasteiger partial charge in [0.2, 0.25) is 0 Å².